The number of hydrogen-bond acceptors (Lipinski definition) is 5. The molecule has 0 aromatic carbocycles. The SMILES string of the molecule is O=C(CN1C[C@H]2CC[C@@H]1CN(C(=O)c1ccccn1)C2)N1CCNCC1. The van der Waals surface area contributed by atoms with E-state index in [-0.39, 0.29) is 17.9 Å². The highest BCUT2D eigenvalue weighted by Crippen LogP contribution is 2.28. The molecule has 4 aliphatic rings. The van der Waals surface area contributed by atoms with Gasteiger partial charge in [0, 0.05) is 58.1 Å². The molecule has 7 heteroatoms. The number of nitrogens with zero attached hydrogens (tertiary/aromatic N) is 4. The fourth-order valence-electron chi connectivity index (χ4n) is 4.38. The second-order valence-electron chi connectivity index (χ2n) is 7.58. The van der Waals surface area contributed by atoms with Crippen molar-refractivity contribution in [3.63, 3.8) is 0 Å². The molecular weight excluding hydrogens is 330 g/mol. The third kappa shape index (κ3) is 3.73. The van der Waals surface area contributed by atoms with Gasteiger partial charge in [-0.25, -0.2) is 0 Å². The lowest BCUT2D eigenvalue weighted by atomic mass is 9.95. The maximum atomic E-state index is 12.8. The van der Waals surface area contributed by atoms with Gasteiger partial charge in [-0.15, -0.1) is 0 Å². The molecule has 1 aromatic rings. The Kier molecular flexibility index (Phi) is 5.17. The zero-order valence-electron chi connectivity index (χ0n) is 15.1. The van der Waals surface area contributed by atoms with Gasteiger partial charge in [-0.3, -0.25) is 19.5 Å². The number of aromatic nitrogens is 1. The van der Waals surface area contributed by atoms with Crippen LogP contribution in [-0.4, -0.2) is 89.9 Å². The van der Waals surface area contributed by atoms with Crippen LogP contribution >= 0.6 is 0 Å². The second kappa shape index (κ2) is 7.72. The number of fused-ring (bicyclic) bond motifs is 4. The van der Waals surface area contributed by atoms with Crippen LogP contribution in [0.5, 0.6) is 0 Å². The molecule has 4 saturated heterocycles. The lowest BCUT2D eigenvalue weighted by molar-refractivity contribution is -0.134. The van der Waals surface area contributed by atoms with E-state index in [1.807, 2.05) is 21.9 Å². The normalized spacial score (nSPS) is 26.6. The Bertz CT molecular complexity index is 647. The molecule has 2 atom stereocenters. The molecule has 4 aliphatic heterocycles. The molecule has 26 heavy (non-hydrogen) atoms. The number of rotatable bonds is 3. The number of amides is 2. The van der Waals surface area contributed by atoms with Crippen molar-refractivity contribution >= 4 is 11.8 Å². The van der Waals surface area contributed by atoms with E-state index in [4.69, 9.17) is 0 Å². The van der Waals surface area contributed by atoms with Gasteiger partial charge in [0.2, 0.25) is 5.91 Å². The molecule has 0 radical (unpaired) electrons. The first-order valence-corrected chi connectivity index (χ1v) is 9.63. The molecule has 140 valence electrons. The van der Waals surface area contributed by atoms with Crippen LogP contribution in [0.2, 0.25) is 0 Å². The van der Waals surface area contributed by atoms with Crippen molar-refractivity contribution in [3.05, 3.63) is 30.1 Å². The third-order valence-electron chi connectivity index (χ3n) is 5.81. The second-order valence-corrected chi connectivity index (χ2v) is 7.58. The smallest absolute Gasteiger partial charge is 0.272 e. The molecule has 1 aromatic heterocycles. The van der Waals surface area contributed by atoms with Crippen molar-refractivity contribution in [1.82, 2.24) is 25.0 Å². The van der Waals surface area contributed by atoms with Gasteiger partial charge in [0.05, 0.1) is 6.54 Å². The summed E-state index contributed by atoms with van der Waals surface area (Å²) in [5.41, 5.74) is 0.511. The van der Waals surface area contributed by atoms with Gasteiger partial charge >= 0.3 is 0 Å². The topological polar surface area (TPSA) is 68.8 Å². The lowest BCUT2D eigenvalue weighted by Gasteiger charge is -2.37. The summed E-state index contributed by atoms with van der Waals surface area (Å²) >= 11 is 0. The summed E-state index contributed by atoms with van der Waals surface area (Å²) < 4.78 is 0. The van der Waals surface area contributed by atoms with Crippen molar-refractivity contribution in [2.24, 2.45) is 5.92 Å². The molecule has 0 spiro atoms. The zero-order chi connectivity index (χ0) is 17.9. The van der Waals surface area contributed by atoms with Gasteiger partial charge in [-0.1, -0.05) is 6.07 Å². The molecule has 2 bridgehead atoms. The van der Waals surface area contributed by atoms with Crippen molar-refractivity contribution < 1.29 is 9.59 Å². The molecule has 0 unspecified atom stereocenters. The third-order valence-corrected chi connectivity index (χ3v) is 5.81. The molecule has 0 aliphatic carbocycles. The van der Waals surface area contributed by atoms with Gasteiger partial charge < -0.3 is 15.1 Å². The highest BCUT2D eigenvalue weighted by atomic mass is 16.2. The van der Waals surface area contributed by atoms with Crippen LogP contribution in [0.25, 0.3) is 0 Å². The summed E-state index contributed by atoms with van der Waals surface area (Å²) in [5.74, 6) is 0.677. The van der Waals surface area contributed by atoms with Gasteiger partial charge in [-0.2, -0.15) is 0 Å². The molecular formula is C19H27N5O2. The Labute approximate surface area is 154 Å². The number of piperazine rings is 1. The highest BCUT2D eigenvalue weighted by Gasteiger charge is 2.38. The molecule has 5 rings (SSSR count). The first-order valence-electron chi connectivity index (χ1n) is 9.63. The minimum atomic E-state index is 0.0118. The van der Waals surface area contributed by atoms with Crippen molar-refractivity contribution in [3.8, 4) is 0 Å². The first-order chi connectivity index (χ1) is 12.7. The van der Waals surface area contributed by atoms with Crippen LogP contribution < -0.4 is 5.32 Å². The van der Waals surface area contributed by atoms with Crippen molar-refractivity contribution in [1.29, 1.82) is 0 Å². The molecule has 5 heterocycles. The Morgan fingerprint density at radius 3 is 2.69 bits per heavy atom. The number of piperidine rings is 1. The quantitative estimate of drug-likeness (QED) is 0.828. The minimum Gasteiger partial charge on any atom is -0.339 e. The number of carbonyl (C=O) groups excluding carboxylic acids is 2. The molecule has 4 fully saturated rings. The summed E-state index contributed by atoms with van der Waals surface area (Å²) in [5, 5.41) is 3.29. The van der Waals surface area contributed by atoms with Gasteiger partial charge in [-0.05, 0) is 30.9 Å². The Hall–Kier alpha value is -1.99. The number of hydrogen-bond donors (Lipinski definition) is 1. The molecule has 7 nitrogen and oxygen atoms in total. The van der Waals surface area contributed by atoms with Crippen molar-refractivity contribution in [2.75, 3.05) is 52.4 Å². The van der Waals surface area contributed by atoms with Gasteiger partial charge in [0.25, 0.3) is 5.91 Å². The Morgan fingerprint density at radius 1 is 1.08 bits per heavy atom. The fourth-order valence-corrected chi connectivity index (χ4v) is 4.38. The summed E-state index contributed by atoms with van der Waals surface area (Å²) in [4.78, 5) is 35.9. The van der Waals surface area contributed by atoms with Crippen LogP contribution in [-0.2, 0) is 4.79 Å². The maximum Gasteiger partial charge on any atom is 0.272 e. The zero-order valence-corrected chi connectivity index (χ0v) is 15.1. The number of nitrogens with one attached hydrogen (secondary N) is 1. The van der Waals surface area contributed by atoms with E-state index in [1.54, 1.807) is 12.3 Å². The van der Waals surface area contributed by atoms with Gasteiger partial charge in [0.1, 0.15) is 5.69 Å². The minimum absolute atomic E-state index is 0.0118. The largest absolute Gasteiger partial charge is 0.339 e. The standard InChI is InChI=1S/C19H27N5O2/c25-18(22-9-7-20-8-10-22)14-23-11-15-4-5-16(23)13-24(12-15)19(26)17-3-1-2-6-21-17/h1-3,6,15-16,20H,4-5,7-14H2/t15-,16-/m1/s1. The number of carbonyl (C=O) groups is 2. The van der Waals surface area contributed by atoms with Crippen LogP contribution in [0.4, 0.5) is 0 Å². The van der Waals surface area contributed by atoms with E-state index in [2.05, 4.69) is 15.2 Å². The summed E-state index contributed by atoms with van der Waals surface area (Å²) in [6.45, 7) is 6.21. The molecule has 0 saturated carbocycles. The van der Waals surface area contributed by atoms with E-state index in [0.717, 1.165) is 52.1 Å². The summed E-state index contributed by atoms with van der Waals surface area (Å²) in [6, 6.07) is 5.73. The van der Waals surface area contributed by atoms with Crippen molar-refractivity contribution in [2.45, 2.75) is 18.9 Å². The van der Waals surface area contributed by atoms with E-state index in [9.17, 15) is 9.59 Å². The Balaban J connectivity index is 1.41. The fraction of sp³-hybridized carbons (Fsp3) is 0.632. The summed E-state index contributed by atoms with van der Waals surface area (Å²) in [7, 11) is 0. The first kappa shape index (κ1) is 17.4. The summed E-state index contributed by atoms with van der Waals surface area (Å²) in [6.07, 6.45) is 3.86. The Morgan fingerprint density at radius 2 is 1.92 bits per heavy atom. The molecule has 1 N–H and O–H groups in total. The predicted molar refractivity (Wildman–Crippen MR) is 97.7 cm³/mol. The van der Waals surface area contributed by atoms with E-state index in [0.29, 0.717) is 24.7 Å². The van der Waals surface area contributed by atoms with Crippen LogP contribution in [0.3, 0.4) is 0 Å². The van der Waals surface area contributed by atoms with E-state index in [1.165, 1.54) is 0 Å². The lowest BCUT2D eigenvalue weighted by Crippen LogP contribution is -2.53. The number of pyridine rings is 1. The average Bonchev–Trinajstić information content (AvgIpc) is 3.00. The van der Waals surface area contributed by atoms with Crippen LogP contribution in [0.1, 0.15) is 23.3 Å². The average molecular weight is 357 g/mol. The highest BCUT2D eigenvalue weighted by molar-refractivity contribution is 5.92. The van der Waals surface area contributed by atoms with E-state index < -0.39 is 0 Å². The monoisotopic (exact) mass is 357 g/mol. The maximum absolute atomic E-state index is 12.8. The predicted octanol–water partition coefficient (Wildman–Crippen LogP) is 0.0498. The van der Waals surface area contributed by atoms with Gasteiger partial charge in [0.15, 0.2) is 0 Å². The van der Waals surface area contributed by atoms with Crippen LogP contribution in [0.15, 0.2) is 24.4 Å². The molecule has 2 amide bonds. The van der Waals surface area contributed by atoms with E-state index >= 15 is 0 Å². The van der Waals surface area contributed by atoms with Crippen LogP contribution in [0, 0.1) is 5.92 Å².